The zero-order chi connectivity index (χ0) is 12.3. The molecule has 2 heterocycles. The molecular weight excluding hydrogens is 232 g/mol. The predicted octanol–water partition coefficient (Wildman–Crippen LogP) is 2.06. The van der Waals surface area contributed by atoms with Crippen LogP contribution >= 0.6 is 11.3 Å². The van der Waals surface area contributed by atoms with Crippen molar-refractivity contribution in [1.29, 1.82) is 0 Å². The first-order valence-electron chi connectivity index (χ1n) is 6.14. The van der Waals surface area contributed by atoms with Crippen LogP contribution in [-0.4, -0.2) is 19.0 Å². The first-order valence-corrected chi connectivity index (χ1v) is 7.02. The fraction of sp³-hybridized carbons (Fsp3) is 0.615. The van der Waals surface area contributed by atoms with Gasteiger partial charge in [0.05, 0.1) is 6.54 Å². The van der Waals surface area contributed by atoms with Crippen LogP contribution in [0.4, 0.5) is 0 Å². The van der Waals surface area contributed by atoms with Crippen LogP contribution in [0.25, 0.3) is 0 Å². The van der Waals surface area contributed by atoms with E-state index in [1.54, 1.807) is 11.3 Å². The van der Waals surface area contributed by atoms with Crippen molar-refractivity contribution in [3.8, 4) is 0 Å². The van der Waals surface area contributed by atoms with Crippen LogP contribution in [0.1, 0.15) is 30.2 Å². The molecule has 1 aliphatic heterocycles. The second-order valence-corrected chi connectivity index (χ2v) is 6.02. The maximum Gasteiger partial charge on any atom is 0.226 e. The lowest BCUT2D eigenvalue weighted by molar-refractivity contribution is -0.131. The summed E-state index contributed by atoms with van der Waals surface area (Å²) < 4.78 is 0. The Kier molecular flexibility index (Phi) is 3.84. The highest BCUT2D eigenvalue weighted by atomic mass is 32.1. The summed E-state index contributed by atoms with van der Waals surface area (Å²) >= 11 is 1.71. The molecule has 1 aliphatic rings. The SMILES string of the molecule is Cc1ccsc1CNC(=O)C1(C)CCNCC1. The van der Waals surface area contributed by atoms with Gasteiger partial charge in [-0.05, 0) is 49.9 Å². The molecule has 0 aromatic carbocycles. The number of amides is 1. The van der Waals surface area contributed by atoms with E-state index >= 15 is 0 Å². The fourth-order valence-corrected chi connectivity index (χ4v) is 3.01. The predicted molar refractivity (Wildman–Crippen MR) is 71.1 cm³/mol. The van der Waals surface area contributed by atoms with Gasteiger partial charge in [-0.3, -0.25) is 4.79 Å². The highest BCUT2D eigenvalue weighted by Gasteiger charge is 2.34. The molecule has 0 aliphatic carbocycles. The van der Waals surface area contributed by atoms with Crippen molar-refractivity contribution in [2.45, 2.75) is 33.2 Å². The van der Waals surface area contributed by atoms with E-state index in [2.05, 4.69) is 35.9 Å². The molecule has 0 radical (unpaired) electrons. The number of nitrogens with one attached hydrogen (secondary N) is 2. The van der Waals surface area contributed by atoms with Crippen molar-refractivity contribution < 1.29 is 4.79 Å². The first kappa shape index (κ1) is 12.6. The van der Waals surface area contributed by atoms with Crippen molar-refractivity contribution in [1.82, 2.24) is 10.6 Å². The average Bonchev–Trinajstić information content (AvgIpc) is 2.73. The second kappa shape index (κ2) is 5.19. The normalized spacial score (nSPS) is 18.9. The zero-order valence-electron chi connectivity index (χ0n) is 10.5. The summed E-state index contributed by atoms with van der Waals surface area (Å²) in [6.45, 7) is 6.73. The van der Waals surface area contributed by atoms with E-state index in [1.165, 1.54) is 10.4 Å². The Balaban J connectivity index is 1.91. The molecule has 0 atom stereocenters. The van der Waals surface area contributed by atoms with Crippen LogP contribution < -0.4 is 10.6 Å². The van der Waals surface area contributed by atoms with Gasteiger partial charge in [-0.1, -0.05) is 6.92 Å². The quantitative estimate of drug-likeness (QED) is 0.864. The summed E-state index contributed by atoms with van der Waals surface area (Å²) in [5.74, 6) is 0.201. The third-order valence-electron chi connectivity index (χ3n) is 3.63. The third-order valence-corrected chi connectivity index (χ3v) is 4.66. The Morgan fingerprint density at radius 3 is 2.82 bits per heavy atom. The Hall–Kier alpha value is -0.870. The third kappa shape index (κ3) is 2.87. The van der Waals surface area contributed by atoms with Gasteiger partial charge in [-0.15, -0.1) is 11.3 Å². The molecule has 1 fully saturated rings. The first-order chi connectivity index (χ1) is 8.12. The second-order valence-electron chi connectivity index (χ2n) is 5.02. The van der Waals surface area contributed by atoms with Gasteiger partial charge in [0.2, 0.25) is 5.91 Å². The van der Waals surface area contributed by atoms with Gasteiger partial charge in [0.25, 0.3) is 0 Å². The number of rotatable bonds is 3. The van der Waals surface area contributed by atoms with Gasteiger partial charge in [0.1, 0.15) is 0 Å². The maximum absolute atomic E-state index is 12.2. The summed E-state index contributed by atoms with van der Waals surface area (Å²) in [6, 6.07) is 2.10. The zero-order valence-corrected chi connectivity index (χ0v) is 11.3. The lowest BCUT2D eigenvalue weighted by Gasteiger charge is -2.32. The van der Waals surface area contributed by atoms with Crippen LogP contribution in [0.15, 0.2) is 11.4 Å². The lowest BCUT2D eigenvalue weighted by atomic mass is 9.80. The molecule has 0 spiro atoms. The van der Waals surface area contributed by atoms with Gasteiger partial charge in [0.15, 0.2) is 0 Å². The van der Waals surface area contributed by atoms with Gasteiger partial charge < -0.3 is 10.6 Å². The van der Waals surface area contributed by atoms with Crippen LogP contribution in [0, 0.1) is 12.3 Å². The average molecular weight is 252 g/mol. The van der Waals surface area contributed by atoms with E-state index in [0.29, 0.717) is 6.54 Å². The highest BCUT2D eigenvalue weighted by molar-refractivity contribution is 7.10. The van der Waals surface area contributed by atoms with Gasteiger partial charge >= 0.3 is 0 Å². The Labute approximate surface area is 107 Å². The number of aryl methyl sites for hydroxylation is 1. The summed E-state index contributed by atoms with van der Waals surface area (Å²) in [4.78, 5) is 13.5. The Bertz CT molecular complexity index is 394. The number of hydrogen-bond acceptors (Lipinski definition) is 3. The Morgan fingerprint density at radius 2 is 2.24 bits per heavy atom. The molecule has 2 rings (SSSR count). The number of carbonyl (C=O) groups excluding carboxylic acids is 1. The molecule has 1 amide bonds. The van der Waals surface area contributed by atoms with Crippen LogP contribution in [0.3, 0.4) is 0 Å². The molecule has 1 aromatic heterocycles. The van der Waals surface area contributed by atoms with Crippen molar-refractivity contribution >= 4 is 17.2 Å². The molecule has 0 bridgehead atoms. The van der Waals surface area contributed by atoms with E-state index in [1.807, 2.05) is 0 Å². The van der Waals surface area contributed by atoms with Gasteiger partial charge in [0, 0.05) is 10.3 Å². The molecule has 17 heavy (non-hydrogen) atoms. The maximum atomic E-state index is 12.2. The summed E-state index contributed by atoms with van der Waals surface area (Å²) in [6.07, 6.45) is 1.87. The number of piperidine rings is 1. The topological polar surface area (TPSA) is 41.1 Å². The van der Waals surface area contributed by atoms with Gasteiger partial charge in [-0.25, -0.2) is 0 Å². The van der Waals surface area contributed by atoms with Crippen molar-refractivity contribution in [3.05, 3.63) is 21.9 Å². The van der Waals surface area contributed by atoms with Gasteiger partial charge in [-0.2, -0.15) is 0 Å². The smallest absolute Gasteiger partial charge is 0.226 e. The largest absolute Gasteiger partial charge is 0.351 e. The number of hydrogen-bond donors (Lipinski definition) is 2. The minimum absolute atomic E-state index is 0.184. The summed E-state index contributed by atoms with van der Waals surface area (Å²) in [7, 11) is 0. The van der Waals surface area contributed by atoms with E-state index in [-0.39, 0.29) is 11.3 Å². The van der Waals surface area contributed by atoms with Crippen LogP contribution in [0.5, 0.6) is 0 Å². The van der Waals surface area contributed by atoms with E-state index in [0.717, 1.165) is 25.9 Å². The fourth-order valence-electron chi connectivity index (χ4n) is 2.16. The number of thiophene rings is 1. The molecule has 3 nitrogen and oxygen atoms in total. The molecule has 0 saturated carbocycles. The van der Waals surface area contributed by atoms with Crippen molar-refractivity contribution in [2.75, 3.05) is 13.1 Å². The lowest BCUT2D eigenvalue weighted by Crippen LogP contribution is -2.45. The molecule has 4 heteroatoms. The summed E-state index contributed by atoms with van der Waals surface area (Å²) in [5.41, 5.74) is 1.09. The van der Waals surface area contributed by atoms with Crippen LogP contribution in [0.2, 0.25) is 0 Å². The monoisotopic (exact) mass is 252 g/mol. The molecule has 1 aromatic rings. The standard InChI is InChI=1S/C13H20N2OS/c1-10-3-8-17-11(10)9-15-12(16)13(2)4-6-14-7-5-13/h3,8,14H,4-7,9H2,1-2H3,(H,15,16). The highest BCUT2D eigenvalue weighted by Crippen LogP contribution is 2.28. The van der Waals surface area contributed by atoms with Crippen molar-refractivity contribution in [3.63, 3.8) is 0 Å². The molecule has 0 unspecified atom stereocenters. The van der Waals surface area contributed by atoms with Crippen LogP contribution in [-0.2, 0) is 11.3 Å². The molecule has 94 valence electrons. The Morgan fingerprint density at radius 1 is 1.53 bits per heavy atom. The van der Waals surface area contributed by atoms with E-state index < -0.39 is 0 Å². The molecular formula is C13H20N2OS. The molecule has 1 saturated heterocycles. The minimum atomic E-state index is -0.184. The number of carbonyl (C=O) groups is 1. The molecule has 2 N–H and O–H groups in total. The van der Waals surface area contributed by atoms with E-state index in [9.17, 15) is 4.79 Å². The van der Waals surface area contributed by atoms with Crippen molar-refractivity contribution in [2.24, 2.45) is 5.41 Å². The minimum Gasteiger partial charge on any atom is -0.351 e. The summed E-state index contributed by atoms with van der Waals surface area (Å²) in [5, 5.41) is 8.45. The van der Waals surface area contributed by atoms with E-state index in [4.69, 9.17) is 0 Å².